The number of aryl methyl sites for hydroxylation is 2. The van der Waals surface area contributed by atoms with Crippen LogP contribution in [0.25, 0.3) is 0 Å². The van der Waals surface area contributed by atoms with E-state index in [2.05, 4.69) is 10.00 Å². The standard InChI is InChI=1S/C13H20ClN3O/c1-8-10(13(14)16(2)15-8)6-17-5-9-3-4-12(18)11(9)7-17/h9,11-12,18H,3-7H2,1-2H3. The zero-order valence-corrected chi connectivity index (χ0v) is 11.7. The number of nitrogens with zero attached hydrogens (tertiary/aromatic N) is 3. The topological polar surface area (TPSA) is 41.3 Å². The van der Waals surface area contributed by atoms with Crippen molar-refractivity contribution in [1.82, 2.24) is 14.7 Å². The van der Waals surface area contributed by atoms with Crippen molar-refractivity contribution in [3.63, 3.8) is 0 Å². The highest BCUT2D eigenvalue weighted by molar-refractivity contribution is 6.30. The van der Waals surface area contributed by atoms with Gasteiger partial charge in [-0.2, -0.15) is 5.10 Å². The van der Waals surface area contributed by atoms with Crippen molar-refractivity contribution < 1.29 is 5.11 Å². The van der Waals surface area contributed by atoms with Crippen LogP contribution in [0.5, 0.6) is 0 Å². The summed E-state index contributed by atoms with van der Waals surface area (Å²) in [6.07, 6.45) is 2.06. The third-order valence-corrected chi connectivity index (χ3v) is 5.02. The number of rotatable bonds is 2. The molecule has 3 unspecified atom stereocenters. The smallest absolute Gasteiger partial charge is 0.131 e. The number of aromatic nitrogens is 2. The zero-order valence-electron chi connectivity index (χ0n) is 10.9. The van der Waals surface area contributed by atoms with Crippen LogP contribution in [0.1, 0.15) is 24.1 Å². The van der Waals surface area contributed by atoms with Crippen molar-refractivity contribution in [2.75, 3.05) is 13.1 Å². The summed E-state index contributed by atoms with van der Waals surface area (Å²) < 4.78 is 1.73. The van der Waals surface area contributed by atoms with Gasteiger partial charge in [-0.1, -0.05) is 11.6 Å². The van der Waals surface area contributed by atoms with Crippen LogP contribution in [-0.2, 0) is 13.6 Å². The minimum atomic E-state index is -0.0922. The molecule has 1 aromatic rings. The monoisotopic (exact) mass is 269 g/mol. The lowest BCUT2D eigenvalue weighted by Gasteiger charge is -2.17. The van der Waals surface area contributed by atoms with Crippen molar-refractivity contribution in [3.8, 4) is 0 Å². The summed E-state index contributed by atoms with van der Waals surface area (Å²) in [5, 5.41) is 15.0. The molecule has 3 rings (SSSR count). The van der Waals surface area contributed by atoms with Crippen molar-refractivity contribution in [2.45, 2.75) is 32.4 Å². The molecule has 2 heterocycles. The fraction of sp³-hybridized carbons (Fsp3) is 0.769. The Hall–Kier alpha value is -0.580. The van der Waals surface area contributed by atoms with Gasteiger partial charge in [0.15, 0.2) is 0 Å². The first kappa shape index (κ1) is 12.5. The van der Waals surface area contributed by atoms with E-state index in [-0.39, 0.29) is 6.10 Å². The van der Waals surface area contributed by atoms with Gasteiger partial charge in [0.25, 0.3) is 0 Å². The number of fused-ring (bicyclic) bond motifs is 1. The fourth-order valence-corrected chi connectivity index (χ4v) is 3.77. The maximum atomic E-state index is 9.93. The van der Waals surface area contributed by atoms with Gasteiger partial charge in [-0.15, -0.1) is 0 Å². The molecule has 1 saturated heterocycles. The molecule has 0 spiro atoms. The average Bonchev–Trinajstić information content (AvgIpc) is 2.93. The molecule has 1 aromatic heterocycles. The van der Waals surface area contributed by atoms with E-state index in [0.717, 1.165) is 42.5 Å². The molecule has 1 saturated carbocycles. The maximum Gasteiger partial charge on any atom is 0.131 e. The van der Waals surface area contributed by atoms with Crippen LogP contribution in [0, 0.1) is 18.8 Å². The van der Waals surface area contributed by atoms with Crippen molar-refractivity contribution in [3.05, 3.63) is 16.4 Å². The first-order valence-corrected chi connectivity index (χ1v) is 7.02. The van der Waals surface area contributed by atoms with Gasteiger partial charge in [-0.25, -0.2) is 0 Å². The van der Waals surface area contributed by atoms with E-state index in [1.165, 1.54) is 6.42 Å². The van der Waals surface area contributed by atoms with E-state index >= 15 is 0 Å². The van der Waals surface area contributed by atoms with Gasteiger partial charge >= 0.3 is 0 Å². The molecule has 1 N–H and O–H groups in total. The van der Waals surface area contributed by atoms with Crippen molar-refractivity contribution in [1.29, 1.82) is 0 Å². The Morgan fingerprint density at radius 2 is 2.17 bits per heavy atom. The first-order chi connectivity index (χ1) is 8.56. The molecule has 5 heteroatoms. The van der Waals surface area contributed by atoms with Crippen LogP contribution in [0.3, 0.4) is 0 Å². The molecule has 18 heavy (non-hydrogen) atoms. The Bertz CT molecular complexity index is 459. The Kier molecular flexibility index (Phi) is 3.12. The summed E-state index contributed by atoms with van der Waals surface area (Å²) in [7, 11) is 1.88. The van der Waals surface area contributed by atoms with E-state index in [0.29, 0.717) is 11.8 Å². The van der Waals surface area contributed by atoms with Crippen molar-refractivity contribution in [2.24, 2.45) is 18.9 Å². The highest BCUT2D eigenvalue weighted by atomic mass is 35.5. The summed E-state index contributed by atoms with van der Waals surface area (Å²) >= 11 is 6.27. The Labute approximate surface area is 113 Å². The van der Waals surface area contributed by atoms with Crippen LogP contribution in [0.2, 0.25) is 5.15 Å². The van der Waals surface area contributed by atoms with E-state index < -0.39 is 0 Å². The minimum absolute atomic E-state index is 0.0922. The Balaban J connectivity index is 1.71. The number of halogens is 1. The molecule has 4 nitrogen and oxygen atoms in total. The zero-order chi connectivity index (χ0) is 12.9. The number of hydrogen-bond acceptors (Lipinski definition) is 3. The van der Waals surface area contributed by atoms with Gasteiger partial charge < -0.3 is 5.11 Å². The second kappa shape index (κ2) is 4.51. The largest absolute Gasteiger partial charge is 0.393 e. The molecule has 0 bridgehead atoms. The van der Waals surface area contributed by atoms with E-state index in [1.54, 1.807) is 4.68 Å². The summed E-state index contributed by atoms with van der Waals surface area (Å²) in [4.78, 5) is 2.41. The van der Waals surface area contributed by atoms with E-state index in [4.69, 9.17) is 11.6 Å². The molecule has 0 aromatic carbocycles. The Morgan fingerprint density at radius 1 is 1.39 bits per heavy atom. The summed E-state index contributed by atoms with van der Waals surface area (Å²) in [6.45, 7) is 4.95. The number of hydrogen-bond donors (Lipinski definition) is 1. The fourth-order valence-electron chi connectivity index (χ4n) is 3.54. The molecule has 100 valence electrons. The van der Waals surface area contributed by atoms with Gasteiger partial charge in [0.1, 0.15) is 5.15 Å². The van der Waals surface area contributed by atoms with Crippen LogP contribution in [-0.4, -0.2) is 39.0 Å². The normalized spacial score (nSPS) is 32.1. The van der Waals surface area contributed by atoms with Crippen LogP contribution >= 0.6 is 11.6 Å². The Morgan fingerprint density at radius 3 is 2.78 bits per heavy atom. The molecule has 0 radical (unpaired) electrons. The first-order valence-electron chi connectivity index (χ1n) is 6.64. The predicted octanol–water partition coefficient (Wildman–Crippen LogP) is 1.58. The molecule has 3 atom stereocenters. The highest BCUT2D eigenvalue weighted by Gasteiger charge is 2.41. The lowest BCUT2D eigenvalue weighted by Crippen LogP contribution is -2.24. The van der Waals surface area contributed by atoms with Crippen molar-refractivity contribution >= 4 is 11.6 Å². The molecule has 2 aliphatic rings. The predicted molar refractivity (Wildman–Crippen MR) is 70.5 cm³/mol. The molecule has 1 aliphatic carbocycles. The molecule has 2 fully saturated rings. The molecule has 1 aliphatic heterocycles. The van der Waals surface area contributed by atoms with Crippen LogP contribution < -0.4 is 0 Å². The SMILES string of the molecule is Cc1nn(C)c(Cl)c1CN1CC2CCC(O)C2C1. The van der Waals surface area contributed by atoms with Gasteiger partial charge in [0, 0.05) is 38.2 Å². The summed E-state index contributed by atoms with van der Waals surface area (Å²) in [6, 6.07) is 0. The maximum absolute atomic E-state index is 9.93. The third-order valence-electron chi connectivity index (χ3n) is 4.55. The lowest BCUT2D eigenvalue weighted by atomic mass is 10.00. The summed E-state index contributed by atoms with van der Waals surface area (Å²) in [5.41, 5.74) is 2.15. The van der Waals surface area contributed by atoms with E-state index in [1.807, 2.05) is 14.0 Å². The molecular formula is C13H20ClN3O. The lowest BCUT2D eigenvalue weighted by molar-refractivity contribution is 0.123. The number of aliphatic hydroxyl groups is 1. The molecular weight excluding hydrogens is 250 g/mol. The minimum Gasteiger partial charge on any atom is -0.393 e. The highest BCUT2D eigenvalue weighted by Crippen LogP contribution is 2.39. The quantitative estimate of drug-likeness (QED) is 0.886. The van der Waals surface area contributed by atoms with Gasteiger partial charge in [-0.3, -0.25) is 9.58 Å². The third kappa shape index (κ3) is 1.96. The number of aliphatic hydroxyl groups excluding tert-OH is 1. The van der Waals surface area contributed by atoms with Gasteiger partial charge in [0.2, 0.25) is 0 Å². The van der Waals surface area contributed by atoms with Gasteiger partial charge in [-0.05, 0) is 25.7 Å². The van der Waals surface area contributed by atoms with Crippen LogP contribution in [0.4, 0.5) is 0 Å². The van der Waals surface area contributed by atoms with E-state index in [9.17, 15) is 5.11 Å². The van der Waals surface area contributed by atoms with Crippen LogP contribution in [0.15, 0.2) is 0 Å². The van der Waals surface area contributed by atoms with Gasteiger partial charge in [0.05, 0.1) is 11.8 Å². The second-order valence-electron chi connectivity index (χ2n) is 5.74. The second-order valence-corrected chi connectivity index (χ2v) is 6.10. The summed E-state index contributed by atoms with van der Waals surface area (Å²) in [5.74, 6) is 1.15. The molecule has 0 amide bonds. The number of likely N-dealkylation sites (tertiary alicyclic amines) is 1. The average molecular weight is 270 g/mol.